The van der Waals surface area contributed by atoms with Gasteiger partial charge in [0.1, 0.15) is 5.82 Å². The zero-order chi connectivity index (χ0) is 17.9. The van der Waals surface area contributed by atoms with E-state index in [2.05, 4.69) is 20.9 Å². The van der Waals surface area contributed by atoms with E-state index in [1.54, 1.807) is 18.3 Å². The van der Waals surface area contributed by atoms with E-state index in [1.807, 2.05) is 48.0 Å². The van der Waals surface area contributed by atoms with Crippen molar-refractivity contribution in [2.75, 3.05) is 5.43 Å². The Morgan fingerprint density at radius 2 is 1.77 bits per heavy atom. The van der Waals surface area contributed by atoms with E-state index in [-0.39, 0.29) is 5.82 Å². The van der Waals surface area contributed by atoms with Gasteiger partial charge in [0.2, 0.25) is 0 Å². The maximum Gasteiger partial charge on any atom is 0.165 e. The summed E-state index contributed by atoms with van der Waals surface area (Å²) >= 11 is 0. The van der Waals surface area contributed by atoms with Crippen LogP contribution in [0.25, 0.3) is 16.7 Å². The Kier molecular flexibility index (Phi) is 4.33. The maximum absolute atomic E-state index is 13.0. The molecule has 0 fully saturated rings. The van der Waals surface area contributed by atoms with E-state index in [1.165, 1.54) is 12.1 Å². The minimum atomic E-state index is -0.235. The Labute approximate surface area is 150 Å². The first-order valence-corrected chi connectivity index (χ1v) is 8.35. The van der Waals surface area contributed by atoms with Gasteiger partial charge in [0, 0.05) is 12.7 Å². The maximum atomic E-state index is 13.0. The van der Waals surface area contributed by atoms with Crippen LogP contribution >= 0.6 is 0 Å². The average Bonchev–Trinajstić information content (AvgIpc) is 3.02. The predicted octanol–water partition coefficient (Wildman–Crippen LogP) is 3.98. The fraction of sp³-hybridized carbons (Fsp3) is 0.100. The number of rotatable bonds is 5. The summed E-state index contributed by atoms with van der Waals surface area (Å²) in [4.78, 5) is 4.51. The van der Waals surface area contributed by atoms with Crippen LogP contribution in [0.1, 0.15) is 11.3 Å². The van der Waals surface area contributed by atoms with Crippen LogP contribution in [0.15, 0.2) is 66.9 Å². The summed E-state index contributed by atoms with van der Waals surface area (Å²) in [5.74, 6) is -0.235. The molecule has 0 unspecified atom stereocenters. The number of hydrazine groups is 1. The van der Waals surface area contributed by atoms with Crippen LogP contribution in [-0.4, -0.2) is 14.8 Å². The summed E-state index contributed by atoms with van der Waals surface area (Å²) in [6.07, 6.45) is 1.75. The first-order chi connectivity index (χ1) is 12.7. The molecule has 0 spiro atoms. The smallest absolute Gasteiger partial charge is 0.165 e. The third-order valence-electron chi connectivity index (χ3n) is 4.17. The van der Waals surface area contributed by atoms with Gasteiger partial charge < -0.3 is 5.43 Å². The van der Waals surface area contributed by atoms with Gasteiger partial charge in [-0.15, -0.1) is 0 Å². The lowest BCUT2D eigenvalue weighted by Gasteiger charge is -2.10. The van der Waals surface area contributed by atoms with Crippen LogP contribution in [0.5, 0.6) is 0 Å². The third kappa shape index (κ3) is 3.14. The summed E-state index contributed by atoms with van der Waals surface area (Å²) in [5.41, 5.74) is 10.9. The van der Waals surface area contributed by atoms with Crippen molar-refractivity contribution in [3.05, 3.63) is 83.9 Å². The monoisotopic (exact) mass is 347 g/mol. The molecule has 5 nitrogen and oxygen atoms in total. The molecular formula is C20H18FN5. The second kappa shape index (κ2) is 6.93. The van der Waals surface area contributed by atoms with E-state index in [4.69, 9.17) is 0 Å². The molecule has 0 aliphatic rings. The van der Waals surface area contributed by atoms with Crippen molar-refractivity contribution in [1.82, 2.24) is 20.2 Å². The number of hydrogen-bond donors (Lipinski definition) is 2. The number of hydrogen-bond acceptors (Lipinski definition) is 4. The second-order valence-corrected chi connectivity index (χ2v) is 5.99. The van der Waals surface area contributed by atoms with E-state index in [0.29, 0.717) is 6.54 Å². The molecule has 2 aromatic carbocycles. The Balaban J connectivity index is 1.60. The molecule has 130 valence electrons. The summed E-state index contributed by atoms with van der Waals surface area (Å²) in [6, 6.07) is 18.3. The van der Waals surface area contributed by atoms with Crippen LogP contribution in [0.3, 0.4) is 0 Å². The van der Waals surface area contributed by atoms with E-state index < -0.39 is 0 Å². The number of aromatic nitrogens is 3. The molecule has 0 aliphatic heterocycles. The van der Waals surface area contributed by atoms with Crippen molar-refractivity contribution >= 4 is 16.7 Å². The highest BCUT2D eigenvalue weighted by atomic mass is 19.1. The molecule has 0 saturated carbocycles. The molecule has 0 aliphatic carbocycles. The fourth-order valence-electron chi connectivity index (χ4n) is 2.91. The SMILES string of the molecule is Cc1nn(-c2ccccc2)c2nccc(NNCc3ccc(F)cc3)c12. The quantitative estimate of drug-likeness (QED) is 0.536. The second-order valence-electron chi connectivity index (χ2n) is 5.99. The first-order valence-electron chi connectivity index (χ1n) is 8.35. The molecule has 26 heavy (non-hydrogen) atoms. The molecule has 2 N–H and O–H groups in total. The molecule has 0 radical (unpaired) electrons. The number of pyridine rings is 1. The number of fused-ring (bicyclic) bond motifs is 1. The minimum absolute atomic E-state index is 0.235. The Bertz CT molecular complexity index is 1030. The zero-order valence-corrected chi connectivity index (χ0v) is 14.3. The van der Waals surface area contributed by atoms with Crippen molar-refractivity contribution in [3.8, 4) is 5.69 Å². The van der Waals surface area contributed by atoms with Gasteiger partial charge in [-0.2, -0.15) is 5.10 Å². The number of para-hydroxylation sites is 1. The van der Waals surface area contributed by atoms with E-state index in [9.17, 15) is 4.39 Å². The van der Waals surface area contributed by atoms with Crippen molar-refractivity contribution in [2.45, 2.75) is 13.5 Å². The number of nitrogens with zero attached hydrogens (tertiary/aromatic N) is 3. The van der Waals surface area contributed by atoms with Gasteiger partial charge in [0.25, 0.3) is 0 Å². The lowest BCUT2D eigenvalue weighted by Crippen LogP contribution is -2.21. The lowest BCUT2D eigenvalue weighted by molar-refractivity contribution is 0.626. The van der Waals surface area contributed by atoms with Crippen LogP contribution in [0, 0.1) is 12.7 Å². The highest BCUT2D eigenvalue weighted by Crippen LogP contribution is 2.26. The highest BCUT2D eigenvalue weighted by molar-refractivity contribution is 5.92. The fourth-order valence-corrected chi connectivity index (χ4v) is 2.91. The largest absolute Gasteiger partial charge is 0.320 e. The Hall–Kier alpha value is -3.25. The van der Waals surface area contributed by atoms with Crippen LogP contribution in [0.2, 0.25) is 0 Å². The van der Waals surface area contributed by atoms with Gasteiger partial charge in [0.15, 0.2) is 5.65 Å². The van der Waals surface area contributed by atoms with Crippen LogP contribution in [-0.2, 0) is 6.54 Å². The van der Waals surface area contributed by atoms with Gasteiger partial charge >= 0.3 is 0 Å². The molecule has 0 saturated heterocycles. The molecule has 6 heteroatoms. The lowest BCUT2D eigenvalue weighted by atomic mass is 10.2. The molecule has 4 rings (SSSR count). The van der Waals surface area contributed by atoms with Crippen LogP contribution in [0.4, 0.5) is 10.1 Å². The standard InChI is InChI=1S/C20H18FN5/c1-14-19-18(24-23-13-15-7-9-16(21)10-8-15)11-12-22-20(19)26(25-14)17-5-3-2-4-6-17/h2-12,23H,13H2,1H3,(H,22,24). The summed E-state index contributed by atoms with van der Waals surface area (Å²) in [6.45, 7) is 2.53. The van der Waals surface area contributed by atoms with Gasteiger partial charge in [-0.05, 0) is 42.8 Å². The Morgan fingerprint density at radius 3 is 2.54 bits per heavy atom. The normalized spacial score (nSPS) is 11.0. The van der Waals surface area contributed by atoms with Gasteiger partial charge in [0.05, 0.1) is 22.5 Å². The van der Waals surface area contributed by atoms with E-state index >= 15 is 0 Å². The number of aryl methyl sites for hydroxylation is 1. The van der Waals surface area contributed by atoms with E-state index in [0.717, 1.165) is 33.7 Å². The van der Waals surface area contributed by atoms with Crippen LogP contribution < -0.4 is 10.9 Å². The molecule has 0 atom stereocenters. The van der Waals surface area contributed by atoms with Crippen molar-refractivity contribution in [2.24, 2.45) is 0 Å². The van der Waals surface area contributed by atoms with Crippen molar-refractivity contribution < 1.29 is 4.39 Å². The highest BCUT2D eigenvalue weighted by Gasteiger charge is 2.13. The number of benzene rings is 2. The van der Waals surface area contributed by atoms with Gasteiger partial charge in [-0.1, -0.05) is 30.3 Å². The van der Waals surface area contributed by atoms with Gasteiger partial charge in [-0.3, -0.25) is 0 Å². The third-order valence-corrected chi connectivity index (χ3v) is 4.17. The predicted molar refractivity (Wildman–Crippen MR) is 100 cm³/mol. The number of anilines is 1. The number of nitrogens with one attached hydrogen (secondary N) is 2. The molecule has 0 bridgehead atoms. The first kappa shape index (κ1) is 16.2. The molecule has 2 heterocycles. The number of halogens is 1. The minimum Gasteiger partial charge on any atom is -0.320 e. The topological polar surface area (TPSA) is 54.8 Å². The summed E-state index contributed by atoms with van der Waals surface area (Å²) in [5, 5.41) is 5.60. The summed E-state index contributed by atoms with van der Waals surface area (Å²) in [7, 11) is 0. The summed E-state index contributed by atoms with van der Waals surface area (Å²) < 4.78 is 14.8. The molecule has 0 amide bonds. The molecular weight excluding hydrogens is 329 g/mol. The average molecular weight is 347 g/mol. The Morgan fingerprint density at radius 1 is 1.00 bits per heavy atom. The molecule has 4 aromatic rings. The molecule has 2 aromatic heterocycles. The van der Waals surface area contributed by atoms with Crippen molar-refractivity contribution in [3.63, 3.8) is 0 Å². The van der Waals surface area contributed by atoms with Gasteiger partial charge in [-0.25, -0.2) is 19.5 Å². The van der Waals surface area contributed by atoms with Crippen molar-refractivity contribution in [1.29, 1.82) is 0 Å². The zero-order valence-electron chi connectivity index (χ0n) is 14.3.